The summed E-state index contributed by atoms with van der Waals surface area (Å²) in [5, 5.41) is 13.9. The summed E-state index contributed by atoms with van der Waals surface area (Å²) in [4.78, 5) is 38.0. The van der Waals surface area contributed by atoms with Crippen LogP contribution in [0.1, 0.15) is 36.8 Å². The summed E-state index contributed by atoms with van der Waals surface area (Å²) < 4.78 is 0. The number of carboxylic acid groups (broad SMARTS) is 1. The number of nitrogens with one attached hydrogen (secondary N) is 2. The van der Waals surface area contributed by atoms with Crippen molar-refractivity contribution in [1.29, 1.82) is 0 Å². The van der Waals surface area contributed by atoms with Gasteiger partial charge in [0, 0.05) is 11.6 Å². The second-order valence-electron chi connectivity index (χ2n) is 5.55. The van der Waals surface area contributed by atoms with Gasteiger partial charge in [-0.3, -0.25) is 14.6 Å². The highest BCUT2D eigenvalue weighted by atomic mass is 16.4. The molecule has 0 saturated heterocycles. The van der Waals surface area contributed by atoms with Crippen molar-refractivity contribution in [3.63, 3.8) is 0 Å². The van der Waals surface area contributed by atoms with Gasteiger partial charge >= 0.3 is 5.97 Å². The van der Waals surface area contributed by atoms with E-state index in [1.807, 2.05) is 0 Å². The molecule has 1 aromatic rings. The molecule has 0 aliphatic carbocycles. The van der Waals surface area contributed by atoms with Crippen LogP contribution in [0.15, 0.2) is 18.3 Å². The quantitative estimate of drug-likeness (QED) is 0.735. The largest absolute Gasteiger partial charge is 0.478 e. The highest BCUT2D eigenvalue weighted by Crippen LogP contribution is 2.11. The summed E-state index contributed by atoms with van der Waals surface area (Å²) in [7, 11) is 0. The van der Waals surface area contributed by atoms with Crippen LogP contribution < -0.4 is 10.6 Å². The van der Waals surface area contributed by atoms with Crippen LogP contribution in [0.25, 0.3) is 0 Å². The van der Waals surface area contributed by atoms with Gasteiger partial charge in [-0.15, -0.1) is 0 Å². The molecule has 1 heterocycles. The Morgan fingerprint density at radius 1 is 1.24 bits per heavy atom. The minimum atomic E-state index is -1.05. The van der Waals surface area contributed by atoms with Crippen molar-refractivity contribution in [2.24, 2.45) is 5.41 Å². The minimum absolute atomic E-state index is 0.103. The number of rotatable bonds is 5. The lowest BCUT2D eigenvalue weighted by Crippen LogP contribution is -2.41. The SMILES string of the molecule is CC(C)(C)C(=O)NCC(=O)NCc1cc(C(=O)O)ccn1. The van der Waals surface area contributed by atoms with Gasteiger partial charge in [0.25, 0.3) is 0 Å². The third-order valence-corrected chi connectivity index (χ3v) is 2.62. The smallest absolute Gasteiger partial charge is 0.335 e. The van der Waals surface area contributed by atoms with Crippen molar-refractivity contribution < 1.29 is 19.5 Å². The van der Waals surface area contributed by atoms with Crippen molar-refractivity contribution in [1.82, 2.24) is 15.6 Å². The summed E-state index contributed by atoms with van der Waals surface area (Å²) >= 11 is 0. The lowest BCUT2D eigenvalue weighted by molar-refractivity contribution is -0.131. The molecule has 0 spiro atoms. The van der Waals surface area contributed by atoms with E-state index in [0.717, 1.165) is 0 Å². The molecule has 0 atom stereocenters. The second-order valence-corrected chi connectivity index (χ2v) is 5.55. The Bertz CT molecular complexity index is 549. The third-order valence-electron chi connectivity index (χ3n) is 2.62. The van der Waals surface area contributed by atoms with E-state index in [9.17, 15) is 14.4 Å². The Balaban J connectivity index is 2.45. The Morgan fingerprint density at radius 3 is 2.48 bits per heavy atom. The molecular formula is C14H19N3O4. The lowest BCUT2D eigenvalue weighted by Gasteiger charge is -2.17. The molecule has 0 bridgehead atoms. The van der Waals surface area contributed by atoms with E-state index >= 15 is 0 Å². The monoisotopic (exact) mass is 293 g/mol. The molecule has 114 valence electrons. The van der Waals surface area contributed by atoms with Crippen molar-refractivity contribution in [3.8, 4) is 0 Å². The molecule has 2 amide bonds. The number of carboxylic acids is 1. The molecule has 3 N–H and O–H groups in total. The first-order chi connectivity index (χ1) is 9.70. The van der Waals surface area contributed by atoms with E-state index in [-0.39, 0.29) is 30.5 Å². The highest BCUT2D eigenvalue weighted by Gasteiger charge is 2.21. The number of aromatic carboxylic acids is 1. The fourth-order valence-electron chi connectivity index (χ4n) is 1.39. The molecular weight excluding hydrogens is 274 g/mol. The van der Waals surface area contributed by atoms with Gasteiger partial charge in [0.05, 0.1) is 24.3 Å². The molecule has 0 aliphatic rings. The number of hydrogen-bond acceptors (Lipinski definition) is 4. The molecule has 0 radical (unpaired) electrons. The fourth-order valence-corrected chi connectivity index (χ4v) is 1.39. The highest BCUT2D eigenvalue weighted by molar-refractivity contribution is 5.88. The molecule has 1 rings (SSSR count). The van der Waals surface area contributed by atoms with Gasteiger partial charge in [-0.25, -0.2) is 4.79 Å². The Morgan fingerprint density at radius 2 is 1.90 bits per heavy atom. The van der Waals surface area contributed by atoms with Gasteiger partial charge in [0.2, 0.25) is 11.8 Å². The van der Waals surface area contributed by atoms with Crippen LogP contribution in [0.2, 0.25) is 0 Å². The predicted octanol–water partition coefficient (Wildman–Crippen LogP) is 0.558. The van der Waals surface area contributed by atoms with Gasteiger partial charge in [-0.2, -0.15) is 0 Å². The van der Waals surface area contributed by atoms with Crippen LogP contribution in [-0.4, -0.2) is 34.4 Å². The molecule has 1 aromatic heterocycles. The van der Waals surface area contributed by atoms with Gasteiger partial charge in [-0.05, 0) is 12.1 Å². The zero-order valence-corrected chi connectivity index (χ0v) is 12.3. The van der Waals surface area contributed by atoms with Crippen molar-refractivity contribution in [2.75, 3.05) is 6.54 Å². The molecule has 0 saturated carbocycles. The maximum Gasteiger partial charge on any atom is 0.335 e. The van der Waals surface area contributed by atoms with Crippen LogP contribution in [0.5, 0.6) is 0 Å². The summed E-state index contributed by atoms with van der Waals surface area (Å²) in [6.07, 6.45) is 1.37. The minimum Gasteiger partial charge on any atom is -0.478 e. The van der Waals surface area contributed by atoms with E-state index in [2.05, 4.69) is 15.6 Å². The number of carbonyl (C=O) groups is 3. The first kappa shape index (κ1) is 16.6. The first-order valence-corrected chi connectivity index (χ1v) is 6.43. The first-order valence-electron chi connectivity index (χ1n) is 6.43. The molecule has 7 nitrogen and oxygen atoms in total. The zero-order valence-electron chi connectivity index (χ0n) is 12.3. The Kier molecular flexibility index (Phi) is 5.40. The van der Waals surface area contributed by atoms with Gasteiger partial charge in [0.1, 0.15) is 0 Å². The van der Waals surface area contributed by atoms with Crippen molar-refractivity contribution in [2.45, 2.75) is 27.3 Å². The topological polar surface area (TPSA) is 108 Å². The number of aromatic nitrogens is 1. The predicted molar refractivity (Wildman–Crippen MR) is 75.5 cm³/mol. The standard InChI is InChI=1S/C14H19N3O4/c1-14(2,3)13(21)17-8-11(18)16-7-10-6-9(12(19)20)4-5-15-10/h4-6H,7-8H2,1-3H3,(H,16,18)(H,17,21)(H,19,20). The molecule has 21 heavy (non-hydrogen) atoms. The third kappa shape index (κ3) is 5.60. The summed E-state index contributed by atoms with van der Waals surface area (Å²) in [5.41, 5.74) is -0.0156. The van der Waals surface area contributed by atoms with E-state index in [1.165, 1.54) is 18.3 Å². The Hall–Kier alpha value is -2.44. The van der Waals surface area contributed by atoms with Crippen molar-refractivity contribution >= 4 is 17.8 Å². The van der Waals surface area contributed by atoms with Crippen molar-refractivity contribution in [3.05, 3.63) is 29.6 Å². The van der Waals surface area contributed by atoms with Crippen LogP contribution in [0, 0.1) is 5.41 Å². The zero-order chi connectivity index (χ0) is 16.0. The summed E-state index contributed by atoms with van der Waals surface area (Å²) in [6.45, 7) is 5.23. The number of nitrogens with zero attached hydrogens (tertiary/aromatic N) is 1. The van der Waals surface area contributed by atoms with Gasteiger partial charge in [-0.1, -0.05) is 20.8 Å². The fraction of sp³-hybridized carbons (Fsp3) is 0.429. The number of pyridine rings is 1. The van der Waals surface area contributed by atoms with E-state index in [1.54, 1.807) is 20.8 Å². The van der Waals surface area contributed by atoms with E-state index < -0.39 is 11.4 Å². The lowest BCUT2D eigenvalue weighted by atomic mass is 9.96. The molecule has 0 unspecified atom stereocenters. The number of amides is 2. The molecule has 0 aromatic carbocycles. The summed E-state index contributed by atoms with van der Waals surface area (Å²) in [5.74, 6) is -1.64. The van der Waals surface area contributed by atoms with Gasteiger partial charge < -0.3 is 15.7 Å². The second kappa shape index (κ2) is 6.83. The van der Waals surface area contributed by atoms with Gasteiger partial charge in [0.15, 0.2) is 0 Å². The number of hydrogen-bond donors (Lipinski definition) is 3. The summed E-state index contributed by atoms with van der Waals surface area (Å²) in [6, 6.07) is 2.76. The maximum atomic E-state index is 11.6. The van der Waals surface area contributed by atoms with Crippen LogP contribution in [-0.2, 0) is 16.1 Å². The Labute approximate surface area is 122 Å². The molecule has 7 heteroatoms. The van der Waals surface area contributed by atoms with Crippen LogP contribution in [0.3, 0.4) is 0 Å². The maximum absolute atomic E-state index is 11.6. The molecule has 0 aliphatic heterocycles. The normalized spacial score (nSPS) is 10.8. The van der Waals surface area contributed by atoms with Crippen LogP contribution in [0.4, 0.5) is 0 Å². The van der Waals surface area contributed by atoms with E-state index in [4.69, 9.17) is 5.11 Å². The number of carbonyl (C=O) groups excluding carboxylic acids is 2. The van der Waals surface area contributed by atoms with E-state index in [0.29, 0.717) is 5.69 Å². The average molecular weight is 293 g/mol. The molecule has 0 fully saturated rings. The average Bonchev–Trinajstić information content (AvgIpc) is 2.41. The van der Waals surface area contributed by atoms with Crippen LogP contribution >= 0.6 is 0 Å².